The Morgan fingerprint density at radius 3 is 2.62 bits per heavy atom. The molecule has 4 rings (SSSR count). The lowest BCUT2D eigenvalue weighted by Crippen LogP contribution is -2.31. The van der Waals surface area contributed by atoms with Gasteiger partial charge in [-0.2, -0.15) is 0 Å². The molecule has 7 heteroatoms. The molecule has 2 aromatic carbocycles. The normalized spacial score (nSPS) is 15.3. The molecule has 2 heterocycles. The van der Waals surface area contributed by atoms with E-state index in [1.807, 2.05) is 30.3 Å². The first-order chi connectivity index (χ1) is 15.6. The van der Waals surface area contributed by atoms with Crippen molar-refractivity contribution in [1.82, 2.24) is 9.47 Å². The number of thioether (sulfide) groups is 1. The molecule has 0 N–H and O–H groups in total. The fourth-order valence-electron chi connectivity index (χ4n) is 3.65. The highest BCUT2D eigenvalue weighted by Crippen LogP contribution is 2.34. The first kappa shape index (κ1) is 22.6. The van der Waals surface area contributed by atoms with E-state index in [9.17, 15) is 4.79 Å². The lowest BCUT2D eigenvalue weighted by molar-refractivity contribution is -0.122. The second kappa shape index (κ2) is 10.3. The maximum absolute atomic E-state index is 12.8. The van der Waals surface area contributed by atoms with Gasteiger partial charge in [-0.1, -0.05) is 59.9 Å². The molecule has 0 saturated carbocycles. The molecule has 0 unspecified atom stereocenters. The van der Waals surface area contributed by atoms with E-state index in [-0.39, 0.29) is 5.91 Å². The standard InChI is InChI=1S/C25H26N2O3S2/c1-18-8-10-20(11-9-18)30-14-5-12-26-17-19(21-6-3-4-7-22(21)26)16-23-24(28)27(13-15-29-2)25(31)32-23/h3-4,6-11,16-17H,5,12-15H2,1-2H3/b23-16-. The molecule has 32 heavy (non-hydrogen) atoms. The van der Waals surface area contributed by atoms with Crippen LogP contribution in [0.25, 0.3) is 17.0 Å². The number of ether oxygens (including phenoxy) is 2. The van der Waals surface area contributed by atoms with E-state index in [1.165, 1.54) is 17.3 Å². The molecule has 0 spiro atoms. The molecular weight excluding hydrogens is 440 g/mol. The number of aryl methyl sites for hydroxylation is 2. The maximum Gasteiger partial charge on any atom is 0.266 e. The quantitative estimate of drug-likeness (QED) is 0.244. The van der Waals surface area contributed by atoms with Gasteiger partial charge in [0.1, 0.15) is 10.1 Å². The minimum atomic E-state index is -0.0552. The number of fused-ring (bicyclic) bond motifs is 1. The Kier molecular flexibility index (Phi) is 7.29. The molecule has 1 saturated heterocycles. The van der Waals surface area contributed by atoms with Crippen molar-refractivity contribution in [2.45, 2.75) is 19.9 Å². The second-order valence-corrected chi connectivity index (χ2v) is 9.31. The first-order valence-electron chi connectivity index (χ1n) is 10.6. The highest BCUT2D eigenvalue weighted by molar-refractivity contribution is 8.26. The van der Waals surface area contributed by atoms with Gasteiger partial charge in [0.25, 0.3) is 5.91 Å². The van der Waals surface area contributed by atoms with E-state index < -0.39 is 0 Å². The molecule has 3 aromatic rings. The summed E-state index contributed by atoms with van der Waals surface area (Å²) in [5, 5.41) is 1.12. The van der Waals surface area contributed by atoms with Gasteiger partial charge in [0.05, 0.1) is 24.7 Å². The van der Waals surface area contributed by atoms with Crippen LogP contribution in [0.2, 0.25) is 0 Å². The Labute approximate surface area is 198 Å². The van der Waals surface area contributed by atoms with E-state index in [0.29, 0.717) is 29.0 Å². The number of aromatic nitrogens is 1. The molecule has 166 valence electrons. The van der Waals surface area contributed by atoms with Crippen LogP contribution in [0.3, 0.4) is 0 Å². The van der Waals surface area contributed by atoms with Crippen LogP contribution in [0.4, 0.5) is 0 Å². The van der Waals surface area contributed by atoms with Crippen molar-refractivity contribution in [2.24, 2.45) is 0 Å². The van der Waals surface area contributed by atoms with Crippen molar-refractivity contribution in [3.63, 3.8) is 0 Å². The number of para-hydroxylation sites is 1. The van der Waals surface area contributed by atoms with Crippen molar-refractivity contribution in [3.05, 3.63) is 70.8 Å². The van der Waals surface area contributed by atoms with Crippen LogP contribution >= 0.6 is 24.0 Å². The minimum absolute atomic E-state index is 0.0552. The third-order valence-corrected chi connectivity index (χ3v) is 6.71. The summed E-state index contributed by atoms with van der Waals surface area (Å²) in [6, 6.07) is 16.4. The molecule has 0 radical (unpaired) electrons. The molecule has 0 bridgehead atoms. The second-order valence-electron chi connectivity index (χ2n) is 7.64. The number of amides is 1. The summed E-state index contributed by atoms with van der Waals surface area (Å²) in [7, 11) is 1.62. The highest BCUT2D eigenvalue weighted by Gasteiger charge is 2.31. The predicted molar refractivity (Wildman–Crippen MR) is 135 cm³/mol. The Hall–Kier alpha value is -2.61. The zero-order valence-electron chi connectivity index (χ0n) is 18.2. The van der Waals surface area contributed by atoms with Gasteiger partial charge in [-0.3, -0.25) is 9.69 Å². The van der Waals surface area contributed by atoms with Gasteiger partial charge in [-0.05, 0) is 37.6 Å². The summed E-state index contributed by atoms with van der Waals surface area (Å²) in [4.78, 5) is 15.1. The van der Waals surface area contributed by atoms with Gasteiger partial charge in [-0.15, -0.1) is 0 Å². The number of hydrogen-bond donors (Lipinski definition) is 0. The van der Waals surface area contributed by atoms with E-state index in [2.05, 4.69) is 42.0 Å². The Morgan fingerprint density at radius 2 is 1.84 bits per heavy atom. The van der Waals surface area contributed by atoms with Crippen molar-refractivity contribution in [1.29, 1.82) is 0 Å². The number of benzene rings is 2. The number of carbonyl (C=O) groups excluding carboxylic acids is 1. The molecule has 1 aliphatic heterocycles. The van der Waals surface area contributed by atoms with Gasteiger partial charge in [-0.25, -0.2) is 0 Å². The first-order valence-corrected chi connectivity index (χ1v) is 11.8. The Balaban J connectivity index is 1.48. The van der Waals surface area contributed by atoms with Crippen LogP contribution in [-0.4, -0.2) is 46.6 Å². The number of rotatable bonds is 9. The van der Waals surface area contributed by atoms with Gasteiger partial charge >= 0.3 is 0 Å². The Bertz CT molecular complexity index is 1150. The van der Waals surface area contributed by atoms with E-state index >= 15 is 0 Å². The lowest BCUT2D eigenvalue weighted by Gasteiger charge is -2.12. The minimum Gasteiger partial charge on any atom is -0.494 e. The molecule has 0 atom stereocenters. The summed E-state index contributed by atoms with van der Waals surface area (Å²) in [6.45, 7) is 4.47. The molecular formula is C25H26N2O3S2. The zero-order chi connectivity index (χ0) is 22.5. The molecule has 1 aromatic heterocycles. The van der Waals surface area contributed by atoms with E-state index in [4.69, 9.17) is 21.7 Å². The molecule has 5 nitrogen and oxygen atoms in total. The predicted octanol–water partition coefficient (Wildman–Crippen LogP) is 5.27. The third kappa shape index (κ3) is 5.06. The summed E-state index contributed by atoms with van der Waals surface area (Å²) >= 11 is 6.74. The van der Waals surface area contributed by atoms with Crippen LogP contribution in [0.15, 0.2) is 59.6 Å². The summed E-state index contributed by atoms with van der Waals surface area (Å²) < 4.78 is 13.8. The van der Waals surface area contributed by atoms with Crippen LogP contribution < -0.4 is 4.74 Å². The number of methoxy groups -OCH3 is 1. The van der Waals surface area contributed by atoms with Gasteiger partial charge in [0.2, 0.25) is 0 Å². The molecule has 1 amide bonds. The van der Waals surface area contributed by atoms with Crippen molar-refractivity contribution in [3.8, 4) is 5.75 Å². The molecule has 1 aliphatic rings. The molecule has 0 aliphatic carbocycles. The fourth-order valence-corrected chi connectivity index (χ4v) is 4.95. The van der Waals surface area contributed by atoms with Gasteiger partial charge < -0.3 is 14.0 Å². The van der Waals surface area contributed by atoms with Crippen LogP contribution in [0.1, 0.15) is 17.5 Å². The van der Waals surface area contributed by atoms with Crippen molar-refractivity contribution >= 4 is 51.2 Å². The highest BCUT2D eigenvalue weighted by atomic mass is 32.2. The number of thiocarbonyl (C=S) groups is 1. The van der Waals surface area contributed by atoms with Crippen molar-refractivity contribution < 1.29 is 14.3 Å². The van der Waals surface area contributed by atoms with Crippen LogP contribution in [-0.2, 0) is 16.1 Å². The van der Waals surface area contributed by atoms with E-state index in [0.717, 1.165) is 35.2 Å². The summed E-state index contributed by atoms with van der Waals surface area (Å²) in [5.41, 5.74) is 3.38. The average Bonchev–Trinajstić information content (AvgIpc) is 3.28. The lowest BCUT2D eigenvalue weighted by atomic mass is 10.1. The van der Waals surface area contributed by atoms with Crippen LogP contribution in [0.5, 0.6) is 5.75 Å². The summed E-state index contributed by atoms with van der Waals surface area (Å²) in [5.74, 6) is 0.838. The zero-order valence-corrected chi connectivity index (χ0v) is 19.9. The van der Waals surface area contributed by atoms with Crippen molar-refractivity contribution in [2.75, 3.05) is 26.9 Å². The smallest absolute Gasteiger partial charge is 0.266 e. The maximum atomic E-state index is 12.8. The largest absolute Gasteiger partial charge is 0.494 e. The monoisotopic (exact) mass is 466 g/mol. The van der Waals surface area contributed by atoms with Gasteiger partial charge in [0, 0.05) is 36.3 Å². The number of nitrogens with zero attached hydrogens (tertiary/aromatic N) is 2. The number of carbonyl (C=O) groups is 1. The number of hydrogen-bond acceptors (Lipinski definition) is 5. The SMILES string of the molecule is COCCN1C(=O)/C(=C/c2cn(CCCOc3ccc(C)cc3)c3ccccc23)SC1=S. The molecule has 1 fully saturated rings. The fraction of sp³-hybridized carbons (Fsp3) is 0.280. The van der Waals surface area contributed by atoms with E-state index in [1.54, 1.807) is 12.0 Å². The third-order valence-electron chi connectivity index (χ3n) is 5.33. The summed E-state index contributed by atoms with van der Waals surface area (Å²) in [6.07, 6.45) is 4.94. The topological polar surface area (TPSA) is 43.7 Å². The Morgan fingerprint density at radius 1 is 1.06 bits per heavy atom. The average molecular weight is 467 g/mol. The van der Waals surface area contributed by atoms with Gasteiger partial charge in [0.15, 0.2) is 0 Å². The van der Waals surface area contributed by atoms with Crippen LogP contribution in [0, 0.1) is 6.92 Å².